The molecular weight excluding hydrogens is 829 g/mol. The number of rotatable bonds is 4. The van der Waals surface area contributed by atoms with Gasteiger partial charge >= 0.3 is 5.97 Å². The van der Waals surface area contributed by atoms with E-state index in [0.29, 0.717) is 6.07 Å². The molecule has 21 heteroatoms. The molecule has 1 aliphatic heterocycles. The molecular formula is C38H11F15N4O2. The van der Waals surface area contributed by atoms with E-state index in [2.05, 4.69) is 19.9 Å². The van der Waals surface area contributed by atoms with E-state index in [1.807, 2.05) is 0 Å². The number of carbonyl (C=O) groups is 1. The van der Waals surface area contributed by atoms with E-state index in [9.17, 15) is 49.4 Å². The number of aromatic carboxylic acids is 1. The Balaban J connectivity index is 1.70. The second-order valence-corrected chi connectivity index (χ2v) is 12.5. The third-order valence-electron chi connectivity index (χ3n) is 9.30. The zero-order chi connectivity index (χ0) is 42.7. The fourth-order valence-electron chi connectivity index (χ4n) is 6.66. The number of fused-ring (bicyclic) bond motifs is 9. The van der Waals surface area contributed by atoms with Crippen molar-refractivity contribution in [2.45, 2.75) is 0 Å². The van der Waals surface area contributed by atoms with Gasteiger partial charge in [0.05, 0.1) is 50.2 Å². The van der Waals surface area contributed by atoms with Gasteiger partial charge in [-0.2, -0.15) is 0 Å². The molecule has 0 saturated heterocycles. The second kappa shape index (κ2) is 13.5. The van der Waals surface area contributed by atoms with E-state index in [1.165, 1.54) is 0 Å². The molecule has 59 heavy (non-hydrogen) atoms. The Morgan fingerprint density at radius 1 is 0.390 bits per heavy atom. The highest BCUT2D eigenvalue weighted by atomic mass is 19.2. The fourth-order valence-corrected chi connectivity index (χ4v) is 6.66. The largest absolute Gasteiger partial charge is 0.478 e. The Bertz CT molecular complexity index is 3130. The summed E-state index contributed by atoms with van der Waals surface area (Å²) in [6.07, 6.45) is 1.51. The number of carboxylic acid groups (broad SMARTS) is 1. The normalized spacial score (nSPS) is 12.1. The average Bonchev–Trinajstić information content (AvgIpc) is 4.05. The van der Waals surface area contributed by atoms with Crippen molar-refractivity contribution >= 4 is 51.2 Å². The van der Waals surface area contributed by atoms with Gasteiger partial charge in [-0.25, -0.2) is 75.6 Å². The Kier molecular flexibility index (Phi) is 8.82. The van der Waals surface area contributed by atoms with E-state index >= 15 is 26.3 Å². The molecule has 0 spiro atoms. The summed E-state index contributed by atoms with van der Waals surface area (Å²) in [5.74, 6) is -39.9. The Hall–Kier alpha value is -7.19. The van der Waals surface area contributed by atoms with Gasteiger partial charge in [-0.15, -0.1) is 0 Å². The number of carboxylic acids is 1. The first-order valence-electron chi connectivity index (χ1n) is 16.0. The molecule has 4 aromatic heterocycles. The lowest BCUT2D eigenvalue weighted by Gasteiger charge is -2.11. The summed E-state index contributed by atoms with van der Waals surface area (Å²) in [5.41, 5.74) is -15.2. The minimum Gasteiger partial charge on any atom is -0.478 e. The molecule has 8 bridgehead atoms. The number of nitrogens with zero attached hydrogens (tertiary/aromatic N) is 1. The van der Waals surface area contributed by atoms with Crippen LogP contribution in [0.25, 0.3) is 78.6 Å². The predicted octanol–water partition coefficient (Wildman–Crippen LogP) is 11.5. The van der Waals surface area contributed by atoms with Crippen LogP contribution in [0.1, 0.15) is 21.7 Å². The predicted molar refractivity (Wildman–Crippen MR) is 178 cm³/mol. The molecule has 0 aliphatic carbocycles. The maximum absolute atomic E-state index is 15.6. The van der Waals surface area contributed by atoms with Crippen LogP contribution in [0.2, 0.25) is 0 Å². The molecule has 6 nitrogen and oxygen atoms in total. The van der Waals surface area contributed by atoms with Crippen LogP contribution < -0.4 is 0 Å². The molecule has 7 aromatic rings. The van der Waals surface area contributed by atoms with Crippen molar-refractivity contribution in [2.24, 2.45) is 0 Å². The Labute approximate surface area is 314 Å². The van der Waals surface area contributed by atoms with Crippen LogP contribution in [0.3, 0.4) is 0 Å². The standard InChI is InChI=1S/C38H11F15N4O2/c39-22-19(23(40)29(46)34(51)28(22)45)16-10-2-1-9(54-10)15-7-8(38(58)59)37(57-15)18(21-26(43)32(49)36(53)33(50)27(21)44)14-6-5-13(56-14)17(12-4-3-11(16)55-12)20-24(41)30(47)35(52)31(48)25(20)42/h1-7,54,56-57H,(H,58,59). The highest BCUT2D eigenvalue weighted by molar-refractivity contribution is 6.08. The SMILES string of the molecule is O=C(O)c1cc2[nH]c1c(-c1c(F)c(F)c(F)c(F)c1F)c1ccc([nH]1)c(-c1c(F)c(F)c(F)c(F)c1F)c1nc(c(-c3c(F)c(F)c(F)c(F)c3F)c3ccc2[nH]3)C=C1. The monoisotopic (exact) mass is 840 g/mol. The lowest BCUT2D eigenvalue weighted by molar-refractivity contribution is 0.0699. The molecule has 3 aromatic carbocycles. The highest BCUT2D eigenvalue weighted by Gasteiger charge is 2.33. The number of aromatic nitrogens is 4. The highest BCUT2D eigenvalue weighted by Crippen LogP contribution is 2.43. The molecule has 0 unspecified atom stereocenters. The molecule has 0 radical (unpaired) electrons. The van der Waals surface area contributed by atoms with Crippen molar-refractivity contribution in [1.82, 2.24) is 19.9 Å². The van der Waals surface area contributed by atoms with Gasteiger partial charge in [0.25, 0.3) is 0 Å². The van der Waals surface area contributed by atoms with Crippen LogP contribution in [-0.4, -0.2) is 31.0 Å². The first-order chi connectivity index (χ1) is 27.8. The van der Waals surface area contributed by atoms with Crippen LogP contribution >= 0.6 is 0 Å². The third-order valence-corrected chi connectivity index (χ3v) is 9.30. The van der Waals surface area contributed by atoms with Gasteiger partial charge in [0.2, 0.25) is 17.5 Å². The van der Waals surface area contributed by atoms with Gasteiger partial charge in [-0.05, 0) is 42.5 Å². The summed E-state index contributed by atoms with van der Waals surface area (Å²) in [7, 11) is 0. The van der Waals surface area contributed by atoms with E-state index in [4.69, 9.17) is 0 Å². The zero-order valence-electron chi connectivity index (χ0n) is 28.0. The first-order valence-corrected chi connectivity index (χ1v) is 16.0. The number of hydrogen-bond donors (Lipinski definition) is 4. The molecule has 0 saturated carbocycles. The van der Waals surface area contributed by atoms with Crippen molar-refractivity contribution in [2.75, 3.05) is 0 Å². The van der Waals surface area contributed by atoms with Crippen LogP contribution in [0.5, 0.6) is 0 Å². The van der Waals surface area contributed by atoms with Crippen molar-refractivity contribution in [3.63, 3.8) is 0 Å². The maximum Gasteiger partial charge on any atom is 0.337 e. The molecule has 0 atom stereocenters. The third kappa shape index (κ3) is 5.54. The minimum atomic E-state index is -2.65. The smallest absolute Gasteiger partial charge is 0.337 e. The second-order valence-electron chi connectivity index (χ2n) is 12.5. The van der Waals surface area contributed by atoms with E-state index in [1.54, 1.807) is 0 Å². The molecule has 1 aliphatic rings. The Morgan fingerprint density at radius 3 is 1.07 bits per heavy atom. The van der Waals surface area contributed by atoms with Gasteiger partial charge in [0.15, 0.2) is 69.8 Å². The summed E-state index contributed by atoms with van der Waals surface area (Å²) in [5, 5.41) is 10.2. The van der Waals surface area contributed by atoms with E-state index < -0.39 is 171 Å². The molecule has 4 N–H and O–H groups in total. The van der Waals surface area contributed by atoms with Crippen LogP contribution in [0.4, 0.5) is 65.9 Å². The van der Waals surface area contributed by atoms with Gasteiger partial charge in [0.1, 0.15) is 0 Å². The lowest BCUT2D eigenvalue weighted by atomic mass is 10.0. The van der Waals surface area contributed by atoms with Gasteiger partial charge in [-0.1, -0.05) is 0 Å². The Morgan fingerprint density at radius 2 is 0.695 bits per heavy atom. The summed E-state index contributed by atoms with van der Waals surface area (Å²) < 4.78 is 225. The van der Waals surface area contributed by atoms with Crippen molar-refractivity contribution in [3.8, 4) is 33.4 Å². The van der Waals surface area contributed by atoms with E-state index in [0.717, 1.165) is 36.4 Å². The number of nitrogens with one attached hydrogen (secondary N) is 3. The van der Waals surface area contributed by atoms with E-state index in [-0.39, 0.29) is 5.52 Å². The minimum absolute atomic E-state index is 0.325. The number of hydrogen-bond acceptors (Lipinski definition) is 2. The molecule has 0 fully saturated rings. The number of benzene rings is 3. The fraction of sp³-hybridized carbons (Fsp3) is 0. The van der Waals surface area contributed by atoms with Crippen LogP contribution in [0.15, 0.2) is 30.3 Å². The molecule has 5 heterocycles. The van der Waals surface area contributed by atoms with Crippen molar-refractivity contribution < 1.29 is 75.8 Å². The topological polar surface area (TPSA) is 97.6 Å². The quantitative estimate of drug-likeness (QED) is 0.0807. The molecule has 8 rings (SSSR count). The maximum atomic E-state index is 15.6. The number of H-pyrrole nitrogens is 3. The van der Waals surface area contributed by atoms with Gasteiger partial charge in [0, 0.05) is 33.2 Å². The summed E-state index contributed by atoms with van der Waals surface area (Å²) in [4.78, 5) is 23.8. The summed E-state index contributed by atoms with van der Waals surface area (Å²) in [6.45, 7) is 0. The summed E-state index contributed by atoms with van der Waals surface area (Å²) in [6, 6.07) is 4.09. The zero-order valence-corrected chi connectivity index (χ0v) is 28.0. The number of aromatic amines is 3. The van der Waals surface area contributed by atoms with Crippen molar-refractivity contribution in [1.29, 1.82) is 0 Å². The number of halogens is 15. The van der Waals surface area contributed by atoms with Crippen molar-refractivity contribution in [3.05, 3.63) is 135 Å². The van der Waals surface area contributed by atoms with Gasteiger partial charge < -0.3 is 20.1 Å². The lowest BCUT2D eigenvalue weighted by Crippen LogP contribution is -2.06. The van der Waals surface area contributed by atoms with Crippen LogP contribution in [-0.2, 0) is 0 Å². The first kappa shape index (κ1) is 38.7. The molecule has 0 amide bonds. The van der Waals surface area contributed by atoms with Crippen LogP contribution in [0, 0.1) is 87.3 Å². The molecule has 300 valence electrons. The van der Waals surface area contributed by atoms with Gasteiger partial charge in [-0.3, -0.25) is 0 Å². The average molecular weight is 841 g/mol. The summed E-state index contributed by atoms with van der Waals surface area (Å²) >= 11 is 0.